The maximum atomic E-state index is 11.8. The number of hydrogen-bond donors (Lipinski definition) is 2. The van der Waals surface area contributed by atoms with Gasteiger partial charge in [-0.3, -0.25) is 9.59 Å². The molecule has 1 saturated carbocycles. The molecule has 0 saturated heterocycles. The van der Waals surface area contributed by atoms with E-state index >= 15 is 0 Å². The van der Waals surface area contributed by atoms with Gasteiger partial charge in [0.25, 0.3) is 5.91 Å². The minimum absolute atomic E-state index is 0.0872. The summed E-state index contributed by atoms with van der Waals surface area (Å²) in [6.45, 7) is -0.117. The highest BCUT2D eigenvalue weighted by Gasteiger charge is 2.30. The van der Waals surface area contributed by atoms with E-state index in [0.29, 0.717) is 34.5 Å². The Morgan fingerprint density at radius 1 is 1.43 bits per heavy atom. The van der Waals surface area contributed by atoms with Crippen LogP contribution in [0, 0.1) is 5.92 Å². The number of aliphatic carboxylic acids is 1. The third kappa shape index (κ3) is 4.61. The lowest BCUT2D eigenvalue weighted by Crippen LogP contribution is -2.36. The number of carboxylic acid groups (broad SMARTS) is 1. The van der Waals surface area contributed by atoms with Gasteiger partial charge in [0.05, 0.1) is 10.4 Å². The van der Waals surface area contributed by atoms with E-state index in [1.165, 1.54) is 0 Å². The maximum Gasteiger partial charge on any atom is 0.306 e. The van der Waals surface area contributed by atoms with E-state index in [0.717, 1.165) is 0 Å². The molecule has 1 aromatic carbocycles. The van der Waals surface area contributed by atoms with Crippen molar-refractivity contribution in [2.45, 2.75) is 25.3 Å². The van der Waals surface area contributed by atoms with Gasteiger partial charge in [0.15, 0.2) is 6.61 Å². The molecule has 0 bridgehead atoms. The number of nitrogens with one attached hydrogen (secondary N) is 1. The molecule has 0 radical (unpaired) electrons. The van der Waals surface area contributed by atoms with Gasteiger partial charge >= 0.3 is 5.97 Å². The van der Waals surface area contributed by atoms with Crippen molar-refractivity contribution in [1.82, 2.24) is 5.32 Å². The fourth-order valence-corrected chi connectivity index (χ4v) is 3.14. The van der Waals surface area contributed by atoms with E-state index in [4.69, 9.17) is 21.4 Å². The number of benzene rings is 1. The molecule has 0 heterocycles. The average molecular weight is 377 g/mol. The molecule has 0 aliphatic heterocycles. The van der Waals surface area contributed by atoms with Gasteiger partial charge in [-0.05, 0) is 53.4 Å². The number of halogens is 2. The number of ether oxygens (including phenoxy) is 1. The predicted molar refractivity (Wildman–Crippen MR) is 81.6 cm³/mol. The van der Waals surface area contributed by atoms with Crippen LogP contribution in [0.25, 0.3) is 0 Å². The maximum absolute atomic E-state index is 11.8. The molecule has 2 N–H and O–H groups in total. The quantitative estimate of drug-likeness (QED) is 0.828. The molecule has 2 atom stereocenters. The van der Waals surface area contributed by atoms with E-state index in [1.807, 2.05) is 0 Å². The highest BCUT2D eigenvalue weighted by Crippen LogP contribution is 2.28. The summed E-state index contributed by atoms with van der Waals surface area (Å²) < 4.78 is 6.08. The molecule has 0 aromatic heterocycles. The van der Waals surface area contributed by atoms with Gasteiger partial charge in [-0.25, -0.2) is 0 Å². The number of hydrogen-bond acceptors (Lipinski definition) is 3. The minimum atomic E-state index is -0.798. The van der Waals surface area contributed by atoms with Crippen molar-refractivity contribution in [1.29, 1.82) is 0 Å². The fraction of sp³-hybridized carbons (Fsp3) is 0.429. The Morgan fingerprint density at radius 3 is 2.81 bits per heavy atom. The summed E-state index contributed by atoms with van der Waals surface area (Å²) in [5.74, 6) is -0.882. The molecule has 7 heteroatoms. The van der Waals surface area contributed by atoms with Crippen molar-refractivity contribution in [3.05, 3.63) is 27.7 Å². The molecule has 5 nitrogen and oxygen atoms in total. The molecule has 1 aromatic rings. The number of rotatable bonds is 5. The summed E-state index contributed by atoms with van der Waals surface area (Å²) in [7, 11) is 0. The van der Waals surface area contributed by atoms with Gasteiger partial charge in [0.2, 0.25) is 0 Å². The Morgan fingerprint density at radius 2 is 2.19 bits per heavy atom. The van der Waals surface area contributed by atoms with Crippen molar-refractivity contribution in [2.24, 2.45) is 5.92 Å². The van der Waals surface area contributed by atoms with E-state index in [9.17, 15) is 9.59 Å². The van der Waals surface area contributed by atoms with Gasteiger partial charge in [-0.15, -0.1) is 0 Å². The van der Waals surface area contributed by atoms with Crippen LogP contribution in [-0.2, 0) is 9.59 Å². The lowest BCUT2D eigenvalue weighted by Gasteiger charge is -2.13. The first kappa shape index (κ1) is 16.1. The molecular weight excluding hydrogens is 362 g/mol. The van der Waals surface area contributed by atoms with Gasteiger partial charge < -0.3 is 15.2 Å². The molecule has 114 valence electrons. The Balaban J connectivity index is 1.79. The first-order chi connectivity index (χ1) is 9.95. The zero-order valence-corrected chi connectivity index (χ0v) is 13.5. The van der Waals surface area contributed by atoms with Crippen molar-refractivity contribution in [2.75, 3.05) is 6.61 Å². The van der Waals surface area contributed by atoms with Crippen LogP contribution < -0.4 is 10.1 Å². The molecule has 1 aliphatic rings. The van der Waals surface area contributed by atoms with Crippen molar-refractivity contribution in [3.8, 4) is 5.75 Å². The molecule has 0 unspecified atom stereocenters. The SMILES string of the molecule is O=C(COc1ccc(Cl)cc1Br)N[C@H]1CC[C@@H](C(=O)O)C1. The molecule has 21 heavy (non-hydrogen) atoms. The largest absolute Gasteiger partial charge is 0.483 e. The third-order valence-corrected chi connectivity index (χ3v) is 4.25. The molecule has 2 rings (SSSR count). The molecular formula is C14H15BrClNO4. The highest BCUT2D eigenvalue weighted by atomic mass is 79.9. The average Bonchev–Trinajstić information content (AvgIpc) is 2.86. The summed E-state index contributed by atoms with van der Waals surface area (Å²) in [5, 5.41) is 12.3. The first-order valence-electron chi connectivity index (χ1n) is 6.55. The van der Waals surface area contributed by atoms with Crippen LogP contribution in [0.5, 0.6) is 5.75 Å². The summed E-state index contributed by atoms with van der Waals surface area (Å²) in [5.41, 5.74) is 0. The van der Waals surface area contributed by atoms with Gasteiger partial charge in [0.1, 0.15) is 5.75 Å². The van der Waals surface area contributed by atoms with Crippen LogP contribution in [-0.4, -0.2) is 29.6 Å². The normalized spacial score (nSPS) is 21.0. The number of carbonyl (C=O) groups is 2. The van der Waals surface area contributed by atoms with Crippen LogP contribution in [0.15, 0.2) is 22.7 Å². The Kier molecular flexibility index (Phi) is 5.47. The third-order valence-electron chi connectivity index (χ3n) is 3.40. The Bertz CT molecular complexity index is 552. The second-order valence-corrected chi connectivity index (χ2v) is 6.27. The predicted octanol–water partition coefficient (Wildman–Crippen LogP) is 2.85. The number of carbonyl (C=O) groups excluding carboxylic acids is 1. The highest BCUT2D eigenvalue weighted by molar-refractivity contribution is 9.10. The van der Waals surface area contributed by atoms with E-state index in [-0.39, 0.29) is 24.5 Å². The van der Waals surface area contributed by atoms with E-state index < -0.39 is 5.97 Å². The van der Waals surface area contributed by atoms with Gasteiger partial charge in [-0.1, -0.05) is 11.6 Å². The smallest absolute Gasteiger partial charge is 0.306 e. The molecule has 1 amide bonds. The van der Waals surface area contributed by atoms with Gasteiger partial charge in [-0.2, -0.15) is 0 Å². The van der Waals surface area contributed by atoms with Crippen LogP contribution >= 0.6 is 27.5 Å². The van der Waals surface area contributed by atoms with E-state index in [2.05, 4.69) is 21.2 Å². The zero-order valence-electron chi connectivity index (χ0n) is 11.1. The summed E-state index contributed by atoms with van der Waals surface area (Å²) in [6.07, 6.45) is 1.77. The monoisotopic (exact) mass is 375 g/mol. The van der Waals surface area contributed by atoms with Crippen LogP contribution in [0.1, 0.15) is 19.3 Å². The van der Waals surface area contributed by atoms with Crippen LogP contribution in [0.3, 0.4) is 0 Å². The van der Waals surface area contributed by atoms with Crippen LogP contribution in [0.4, 0.5) is 0 Å². The second-order valence-electron chi connectivity index (χ2n) is 4.98. The molecule has 0 spiro atoms. The van der Waals surface area contributed by atoms with Crippen LogP contribution in [0.2, 0.25) is 5.02 Å². The lowest BCUT2D eigenvalue weighted by molar-refractivity contribution is -0.141. The van der Waals surface area contributed by atoms with Crippen molar-refractivity contribution in [3.63, 3.8) is 0 Å². The summed E-state index contributed by atoms with van der Waals surface area (Å²) in [4.78, 5) is 22.7. The Labute approximate surface area is 135 Å². The van der Waals surface area contributed by atoms with Gasteiger partial charge in [0, 0.05) is 11.1 Å². The van der Waals surface area contributed by atoms with Crippen molar-refractivity contribution < 1.29 is 19.4 Å². The number of carboxylic acids is 1. The molecule has 1 aliphatic carbocycles. The minimum Gasteiger partial charge on any atom is -0.483 e. The zero-order chi connectivity index (χ0) is 15.4. The fourth-order valence-electron chi connectivity index (χ4n) is 2.34. The lowest BCUT2D eigenvalue weighted by atomic mass is 10.1. The standard InChI is InChI=1S/C14H15BrClNO4/c15-11-6-9(16)2-4-12(11)21-7-13(18)17-10-3-1-8(5-10)14(19)20/h2,4,6,8,10H,1,3,5,7H2,(H,17,18)(H,19,20)/t8-,10+/m1/s1. The first-order valence-corrected chi connectivity index (χ1v) is 7.73. The second kappa shape index (κ2) is 7.13. The summed E-state index contributed by atoms with van der Waals surface area (Å²) >= 11 is 9.12. The number of amides is 1. The summed E-state index contributed by atoms with van der Waals surface area (Å²) in [6, 6.07) is 4.95. The van der Waals surface area contributed by atoms with E-state index in [1.54, 1.807) is 18.2 Å². The Hall–Kier alpha value is -1.27. The van der Waals surface area contributed by atoms with Crippen molar-refractivity contribution >= 4 is 39.4 Å². The topological polar surface area (TPSA) is 75.6 Å². The molecule has 1 fully saturated rings.